The molecule has 1 aromatic carbocycles. The first-order valence-electron chi connectivity index (χ1n) is 8.64. The van der Waals surface area contributed by atoms with Gasteiger partial charge < -0.3 is 14.2 Å². The Balaban J connectivity index is 1.55. The van der Waals surface area contributed by atoms with Gasteiger partial charge in [0.05, 0.1) is 7.11 Å². The summed E-state index contributed by atoms with van der Waals surface area (Å²) in [7, 11) is 1.63. The lowest BCUT2D eigenvalue weighted by Gasteiger charge is -2.32. The van der Waals surface area contributed by atoms with Gasteiger partial charge in [-0.25, -0.2) is 4.98 Å². The van der Waals surface area contributed by atoms with Crippen molar-refractivity contribution in [1.29, 1.82) is 0 Å². The largest absolute Gasteiger partial charge is 0.497 e. The number of piperidine rings is 1. The summed E-state index contributed by atoms with van der Waals surface area (Å²) in [5.74, 6) is 2.65. The van der Waals surface area contributed by atoms with Crippen molar-refractivity contribution >= 4 is 5.91 Å². The Kier molecular flexibility index (Phi) is 5.18. The van der Waals surface area contributed by atoms with E-state index in [1.165, 1.54) is 0 Å². The minimum absolute atomic E-state index is 0.119. The van der Waals surface area contributed by atoms with E-state index in [0.717, 1.165) is 56.0 Å². The molecule has 2 heterocycles. The topological polar surface area (TPSA) is 47.4 Å². The highest BCUT2D eigenvalue weighted by atomic mass is 16.5. The number of carbonyl (C=O) groups excluding carboxylic acids is 1. The molecule has 5 nitrogen and oxygen atoms in total. The molecule has 1 aromatic heterocycles. The van der Waals surface area contributed by atoms with E-state index >= 15 is 0 Å². The maximum atomic E-state index is 12.6. The standard InChI is InChI=1S/C19H25N3O2/c1-3-18-20-10-13-22(18)14-15-8-11-21(12-9-15)19(23)16-4-6-17(24-2)7-5-16/h4-7,10,13,15H,3,8-9,11-12,14H2,1-2H3. The highest BCUT2D eigenvalue weighted by molar-refractivity contribution is 5.94. The zero-order valence-electron chi connectivity index (χ0n) is 14.4. The van der Waals surface area contributed by atoms with Gasteiger partial charge in [-0.15, -0.1) is 0 Å². The van der Waals surface area contributed by atoms with Gasteiger partial charge in [-0.05, 0) is 43.0 Å². The van der Waals surface area contributed by atoms with Crippen molar-refractivity contribution in [3.63, 3.8) is 0 Å². The zero-order valence-corrected chi connectivity index (χ0v) is 14.4. The molecule has 1 amide bonds. The van der Waals surface area contributed by atoms with Crippen molar-refractivity contribution in [2.45, 2.75) is 32.7 Å². The highest BCUT2D eigenvalue weighted by Gasteiger charge is 2.24. The van der Waals surface area contributed by atoms with Gasteiger partial charge in [-0.3, -0.25) is 4.79 Å². The number of benzene rings is 1. The van der Waals surface area contributed by atoms with Gasteiger partial charge in [0.2, 0.25) is 0 Å². The predicted molar refractivity (Wildman–Crippen MR) is 93.2 cm³/mol. The molecule has 0 saturated carbocycles. The Morgan fingerprint density at radius 1 is 1.25 bits per heavy atom. The van der Waals surface area contributed by atoms with Gasteiger partial charge in [0.15, 0.2) is 0 Å². The third kappa shape index (κ3) is 3.61. The zero-order chi connectivity index (χ0) is 16.9. The van der Waals surface area contributed by atoms with Crippen molar-refractivity contribution in [2.75, 3.05) is 20.2 Å². The van der Waals surface area contributed by atoms with E-state index in [0.29, 0.717) is 5.92 Å². The molecule has 5 heteroatoms. The Morgan fingerprint density at radius 2 is 1.96 bits per heavy atom. The second kappa shape index (κ2) is 7.51. The first kappa shape index (κ1) is 16.6. The van der Waals surface area contributed by atoms with E-state index in [1.807, 2.05) is 35.4 Å². The van der Waals surface area contributed by atoms with E-state index in [1.54, 1.807) is 7.11 Å². The summed E-state index contributed by atoms with van der Waals surface area (Å²) >= 11 is 0. The van der Waals surface area contributed by atoms with Crippen LogP contribution in [-0.2, 0) is 13.0 Å². The van der Waals surface area contributed by atoms with Crippen LogP contribution in [0.3, 0.4) is 0 Å². The lowest BCUT2D eigenvalue weighted by molar-refractivity contribution is 0.0682. The van der Waals surface area contributed by atoms with Gasteiger partial charge >= 0.3 is 0 Å². The molecule has 0 aliphatic carbocycles. The average Bonchev–Trinajstić information content (AvgIpc) is 3.09. The summed E-state index contributed by atoms with van der Waals surface area (Å²) < 4.78 is 7.40. The Bertz CT molecular complexity index is 670. The quantitative estimate of drug-likeness (QED) is 0.848. The molecule has 0 unspecified atom stereocenters. The minimum atomic E-state index is 0.119. The third-order valence-electron chi connectivity index (χ3n) is 4.81. The smallest absolute Gasteiger partial charge is 0.253 e. The highest BCUT2D eigenvalue weighted by Crippen LogP contribution is 2.22. The molecular formula is C19H25N3O2. The van der Waals surface area contributed by atoms with Crippen LogP contribution in [0.15, 0.2) is 36.7 Å². The number of rotatable bonds is 5. The van der Waals surface area contributed by atoms with Crippen LogP contribution in [0, 0.1) is 5.92 Å². The number of hydrogen-bond donors (Lipinski definition) is 0. The molecule has 0 atom stereocenters. The molecule has 1 saturated heterocycles. The second-order valence-electron chi connectivity index (χ2n) is 6.31. The van der Waals surface area contributed by atoms with Crippen LogP contribution in [0.2, 0.25) is 0 Å². The summed E-state index contributed by atoms with van der Waals surface area (Å²) in [6.07, 6.45) is 6.99. The van der Waals surface area contributed by atoms with Crippen molar-refractivity contribution < 1.29 is 9.53 Å². The molecule has 1 fully saturated rings. The molecular weight excluding hydrogens is 302 g/mol. The Labute approximate surface area is 143 Å². The van der Waals surface area contributed by atoms with Crippen molar-refractivity contribution in [3.8, 4) is 5.75 Å². The van der Waals surface area contributed by atoms with E-state index in [-0.39, 0.29) is 5.91 Å². The van der Waals surface area contributed by atoms with Gasteiger partial charge in [0, 0.05) is 44.0 Å². The molecule has 2 aromatic rings. The number of methoxy groups -OCH3 is 1. The molecule has 0 spiro atoms. The van der Waals surface area contributed by atoms with E-state index < -0.39 is 0 Å². The number of carbonyl (C=O) groups is 1. The predicted octanol–water partition coefficient (Wildman–Crippen LogP) is 3.01. The number of likely N-dealkylation sites (tertiary alicyclic amines) is 1. The second-order valence-corrected chi connectivity index (χ2v) is 6.31. The fraction of sp³-hybridized carbons (Fsp3) is 0.474. The fourth-order valence-corrected chi connectivity index (χ4v) is 3.33. The molecule has 0 N–H and O–H groups in total. The van der Waals surface area contributed by atoms with E-state index in [2.05, 4.69) is 22.7 Å². The lowest BCUT2D eigenvalue weighted by Crippen LogP contribution is -2.39. The third-order valence-corrected chi connectivity index (χ3v) is 4.81. The van der Waals surface area contributed by atoms with Crippen LogP contribution in [0.4, 0.5) is 0 Å². The molecule has 128 valence electrons. The first-order valence-corrected chi connectivity index (χ1v) is 8.64. The molecule has 1 aliphatic rings. The Hall–Kier alpha value is -2.30. The summed E-state index contributed by atoms with van der Waals surface area (Å²) in [6.45, 7) is 4.79. The first-order chi connectivity index (χ1) is 11.7. The van der Waals surface area contributed by atoms with Crippen molar-refractivity contribution in [2.24, 2.45) is 5.92 Å². The van der Waals surface area contributed by atoms with E-state index in [4.69, 9.17) is 4.74 Å². The normalized spacial score (nSPS) is 15.5. The molecule has 24 heavy (non-hydrogen) atoms. The number of imidazole rings is 1. The van der Waals surface area contributed by atoms with Crippen LogP contribution in [-0.4, -0.2) is 40.6 Å². The monoisotopic (exact) mass is 327 g/mol. The maximum absolute atomic E-state index is 12.6. The number of aromatic nitrogens is 2. The van der Waals surface area contributed by atoms with Crippen LogP contribution in [0.1, 0.15) is 35.9 Å². The maximum Gasteiger partial charge on any atom is 0.253 e. The summed E-state index contributed by atoms with van der Waals surface area (Å²) in [4.78, 5) is 18.9. The van der Waals surface area contributed by atoms with Crippen LogP contribution in [0.25, 0.3) is 0 Å². The van der Waals surface area contributed by atoms with Crippen molar-refractivity contribution in [1.82, 2.24) is 14.5 Å². The van der Waals surface area contributed by atoms with Gasteiger partial charge in [0.25, 0.3) is 5.91 Å². The van der Waals surface area contributed by atoms with Gasteiger partial charge in [0.1, 0.15) is 11.6 Å². The van der Waals surface area contributed by atoms with Gasteiger partial charge in [-0.2, -0.15) is 0 Å². The van der Waals surface area contributed by atoms with E-state index in [9.17, 15) is 4.79 Å². The fourth-order valence-electron chi connectivity index (χ4n) is 3.33. The summed E-state index contributed by atoms with van der Waals surface area (Å²) in [5.41, 5.74) is 0.733. The Morgan fingerprint density at radius 3 is 2.58 bits per heavy atom. The summed E-state index contributed by atoms with van der Waals surface area (Å²) in [6, 6.07) is 7.36. The van der Waals surface area contributed by atoms with Crippen molar-refractivity contribution in [3.05, 3.63) is 48.0 Å². The number of ether oxygens (including phenoxy) is 1. The lowest BCUT2D eigenvalue weighted by atomic mass is 9.96. The number of amides is 1. The average molecular weight is 327 g/mol. The molecule has 0 bridgehead atoms. The minimum Gasteiger partial charge on any atom is -0.497 e. The molecule has 3 rings (SSSR count). The summed E-state index contributed by atoms with van der Waals surface area (Å²) in [5, 5.41) is 0. The number of nitrogens with zero attached hydrogens (tertiary/aromatic N) is 3. The molecule has 1 aliphatic heterocycles. The number of aryl methyl sites for hydroxylation is 1. The van der Waals surface area contributed by atoms with Crippen LogP contribution in [0.5, 0.6) is 5.75 Å². The number of hydrogen-bond acceptors (Lipinski definition) is 3. The van der Waals surface area contributed by atoms with Gasteiger partial charge in [-0.1, -0.05) is 6.92 Å². The van der Waals surface area contributed by atoms with Crippen LogP contribution >= 0.6 is 0 Å². The van der Waals surface area contributed by atoms with Crippen LogP contribution < -0.4 is 4.74 Å². The molecule has 0 radical (unpaired) electrons. The SMILES string of the molecule is CCc1nccn1CC1CCN(C(=O)c2ccc(OC)cc2)CC1.